The van der Waals surface area contributed by atoms with Crippen molar-refractivity contribution in [3.8, 4) is 11.5 Å². The van der Waals surface area contributed by atoms with Crippen molar-refractivity contribution in [1.82, 2.24) is 10.2 Å². The largest absolute Gasteiger partial charge is 0.418 e. The van der Waals surface area contributed by atoms with Crippen molar-refractivity contribution in [2.75, 3.05) is 5.32 Å². The summed E-state index contributed by atoms with van der Waals surface area (Å²) < 4.78 is 19.4. The highest BCUT2D eigenvalue weighted by Crippen LogP contribution is 2.29. The lowest BCUT2D eigenvalue weighted by molar-refractivity contribution is 0.493. The molecule has 4 aromatic rings. The van der Waals surface area contributed by atoms with E-state index in [1.165, 1.54) is 12.1 Å². The molecule has 4 rings (SSSR count). The molecule has 1 heterocycles. The molecule has 0 amide bonds. The maximum Gasteiger partial charge on any atom is 0.247 e. The second kappa shape index (κ2) is 7.64. The summed E-state index contributed by atoms with van der Waals surface area (Å²) in [5, 5.41) is 11.9. The number of halogens is 1. The van der Waals surface area contributed by atoms with Crippen LogP contribution in [0.3, 0.4) is 0 Å². The Labute approximate surface area is 163 Å². The van der Waals surface area contributed by atoms with Gasteiger partial charge in [-0.2, -0.15) is 0 Å². The number of aromatic nitrogens is 2. The van der Waals surface area contributed by atoms with Gasteiger partial charge in [-0.25, -0.2) is 4.39 Å². The first-order chi connectivity index (χ1) is 13.6. The average Bonchev–Trinajstić information content (AvgIpc) is 3.17. The van der Waals surface area contributed by atoms with Gasteiger partial charge < -0.3 is 9.73 Å². The number of nitrogens with zero attached hydrogens (tertiary/aromatic N) is 2. The van der Waals surface area contributed by atoms with Gasteiger partial charge in [-0.3, -0.25) is 0 Å². The lowest BCUT2D eigenvalue weighted by atomic mass is 10.1. The molecule has 0 saturated carbocycles. The molecule has 0 radical (unpaired) electrons. The Morgan fingerprint density at radius 1 is 0.857 bits per heavy atom. The maximum absolute atomic E-state index is 13.4. The third kappa shape index (κ3) is 3.93. The molecule has 0 fully saturated rings. The van der Waals surface area contributed by atoms with Crippen LogP contribution in [0.2, 0.25) is 0 Å². The molecule has 0 aliphatic heterocycles. The Morgan fingerprint density at radius 3 is 2.21 bits per heavy atom. The molecule has 1 atom stereocenters. The summed E-state index contributed by atoms with van der Waals surface area (Å²) in [6.45, 7) is 4.09. The minimum atomic E-state index is -0.397. The van der Waals surface area contributed by atoms with Crippen LogP contribution in [-0.2, 0) is 0 Å². The van der Waals surface area contributed by atoms with E-state index in [2.05, 4.69) is 33.7 Å². The highest BCUT2D eigenvalue weighted by Gasteiger charge is 2.22. The smallest absolute Gasteiger partial charge is 0.247 e. The number of nitrogens with one attached hydrogen (secondary N) is 1. The number of hydrogen-bond donors (Lipinski definition) is 1. The number of anilines is 1. The van der Waals surface area contributed by atoms with Crippen LogP contribution in [0.25, 0.3) is 11.5 Å². The molecule has 0 aliphatic rings. The van der Waals surface area contributed by atoms with Gasteiger partial charge in [0.2, 0.25) is 11.8 Å². The SMILES string of the molecule is Cc1cc(C)cc(N[C@@H](c2ccc(F)cc2)c2nnc(-c3ccccc3)o2)c1. The van der Waals surface area contributed by atoms with Gasteiger partial charge in [0.1, 0.15) is 11.9 Å². The van der Waals surface area contributed by atoms with Crippen LogP contribution in [0, 0.1) is 19.7 Å². The van der Waals surface area contributed by atoms with E-state index in [0.717, 1.165) is 27.9 Å². The van der Waals surface area contributed by atoms with Gasteiger partial charge >= 0.3 is 0 Å². The van der Waals surface area contributed by atoms with Crippen molar-refractivity contribution in [1.29, 1.82) is 0 Å². The molecule has 3 aromatic carbocycles. The van der Waals surface area contributed by atoms with E-state index >= 15 is 0 Å². The van der Waals surface area contributed by atoms with Gasteiger partial charge in [-0.1, -0.05) is 36.4 Å². The lowest BCUT2D eigenvalue weighted by Gasteiger charge is -2.18. The van der Waals surface area contributed by atoms with Crippen molar-refractivity contribution in [3.05, 3.63) is 101 Å². The summed E-state index contributed by atoms with van der Waals surface area (Å²) in [5.41, 5.74) is 4.92. The van der Waals surface area contributed by atoms with Crippen molar-refractivity contribution in [3.63, 3.8) is 0 Å². The van der Waals surface area contributed by atoms with Gasteiger partial charge in [0.25, 0.3) is 0 Å². The summed E-state index contributed by atoms with van der Waals surface area (Å²) in [7, 11) is 0. The molecule has 0 unspecified atom stereocenters. The summed E-state index contributed by atoms with van der Waals surface area (Å²) in [6.07, 6.45) is 0. The first-order valence-electron chi connectivity index (χ1n) is 9.07. The van der Waals surface area contributed by atoms with E-state index in [-0.39, 0.29) is 5.82 Å². The molecule has 28 heavy (non-hydrogen) atoms. The Hall–Kier alpha value is -3.47. The summed E-state index contributed by atoms with van der Waals surface area (Å²) in [6, 6.07) is 21.7. The fraction of sp³-hybridized carbons (Fsp3) is 0.130. The van der Waals surface area contributed by atoms with Crippen LogP contribution in [0.1, 0.15) is 28.6 Å². The minimum absolute atomic E-state index is 0.288. The normalized spacial score (nSPS) is 12.0. The molecule has 140 valence electrons. The number of benzene rings is 3. The van der Waals surface area contributed by atoms with E-state index in [4.69, 9.17) is 4.42 Å². The van der Waals surface area contributed by atoms with E-state index in [1.54, 1.807) is 12.1 Å². The molecule has 5 heteroatoms. The van der Waals surface area contributed by atoms with E-state index in [0.29, 0.717) is 11.8 Å². The summed E-state index contributed by atoms with van der Waals surface area (Å²) in [5.74, 6) is 0.582. The molecule has 1 aromatic heterocycles. The van der Waals surface area contributed by atoms with Crippen LogP contribution in [0.5, 0.6) is 0 Å². The Morgan fingerprint density at radius 2 is 1.54 bits per heavy atom. The molecule has 0 saturated heterocycles. The minimum Gasteiger partial charge on any atom is -0.418 e. The highest BCUT2D eigenvalue weighted by molar-refractivity contribution is 5.53. The van der Waals surface area contributed by atoms with Gasteiger partial charge in [0.15, 0.2) is 0 Å². The zero-order valence-electron chi connectivity index (χ0n) is 15.7. The third-order valence-electron chi connectivity index (χ3n) is 4.44. The standard InChI is InChI=1S/C23H20FN3O/c1-15-12-16(2)14-20(13-15)25-21(17-8-10-19(24)11-9-17)23-27-26-22(28-23)18-6-4-3-5-7-18/h3-14,21,25H,1-2H3/t21-/m0/s1. The van der Waals surface area contributed by atoms with Crippen LogP contribution in [0.4, 0.5) is 10.1 Å². The summed E-state index contributed by atoms with van der Waals surface area (Å²) >= 11 is 0. The lowest BCUT2D eigenvalue weighted by Crippen LogP contribution is -2.13. The van der Waals surface area contributed by atoms with E-state index in [1.807, 2.05) is 44.2 Å². The fourth-order valence-corrected chi connectivity index (χ4v) is 3.22. The van der Waals surface area contributed by atoms with Crippen LogP contribution >= 0.6 is 0 Å². The first kappa shape index (κ1) is 17.9. The quantitative estimate of drug-likeness (QED) is 0.488. The predicted octanol–water partition coefficient (Wildman–Crippen LogP) is 5.69. The van der Waals surface area contributed by atoms with Crippen molar-refractivity contribution >= 4 is 5.69 Å². The van der Waals surface area contributed by atoms with Crippen LogP contribution in [-0.4, -0.2) is 10.2 Å². The maximum atomic E-state index is 13.4. The molecular formula is C23H20FN3O. The van der Waals surface area contributed by atoms with Gasteiger partial charge in [-0.05, 0) is 66.9 Å². The molecular weight excluding hydrogens is 353 g/mol. The molecule has 1 N–H and O–H groups in total. The Balaban J connectivity index is 1.73. The highest BCUT2D eigenvalue weighted by atomic mass is 19.1. The molecule has 0 bridgehead atoms. The summed E-state index contributed by atoms with van der Waals surface area (Å²) in [4.78, 5) is 0. The first-order valence-corrected chi connectivity index (χ1v) is 9.07. The van der Waals surface area contributed by atoms with Gasteiger partial charge in [-0.15, -0.1) is 10.2 Å². The number of hydrogen-bond acceptors (Lipinski definition) is 4. The Bertz CT molecular complexity index is 1050. The molecule has 0 aliphatic carbocycles. The van der Waals surface area contributed by atoms with Crippen molar-refractivity contribution in [2.45, 2.75) is 19.9 Å². The van der Waals surface area contributed by atoms with Gasteiger partial charge in [0, 0.05) is 11.3 Å². The van der Waals surface area contributed by atoms with Crippen LogP contribution in [0.15, 0.2) is 77.2 Å². The second-order valence-electron chi connectivity index (χ2n) is 6.82. The monoisotopic (exact) mass is 373 g/mol. The number of aryl methyl sites for hydroxylation is 2. The number of rotatable bonds is 5. The molecule has 4 nitrogen and oxygen atoms in total. The Kier molecular flexibility index (Phi) is 4.89. The van der Waals surface area contributed by atoms with Crippen LogP contribution < -0.4 is 5.32 Å². The topological polar surface area (TPSA) is 51.0 Å². The predicted molar refractivity (Wildman–Crippen MR) is 108 cm³/mol. The average molecular weight is 373 g/mol. The van der Waals surface area contributed by atoms with Crippen molar-refractivity contribution < 1.29 is 8.81 Å². The molecule has 0 spiro atoms. The third-order valence-corrected chi connectivity index (χ3v) is 4.44. The van der Waals surface area contributed by atoms with Gasteiger partial charge in [0.05, 0.1) is 0 Å². The zero-order chi connectivity index (χ0) is 19.5. The second-order valence-corrected chi connectivity index (χ2v) is 6.82. The zero-order valence-corrected chi connectivity index (χ0v) is 15.7. The van der Waals surface area contributed by atoms with Crippen molar-refractivity contribution in [2.24, 2.45) is 0 Å². The fourth-order valence-electron chi connectivity index (χ4n) is 3.22. The van der Waals surface area contributed by atoms with E-state index < -0.39 is 6.04 Å². The van der Waals surface area contributed by atoms with E-state index in [9.17, 15) is 4.39 Å².